The molecule has 9 heteroatoms. The van der Waals surface area contributed by atoms with Gasteiger partial charge in [-0.3, -0.25) is 0 Å². The fourth-order valence-corrected chi connectivity index (χ4v) is 3.60. The van der Waals surface area contributed by atoms with Gasteiger partial charge in [0.2, 0.25) is 5.89 Å². The topological polar surface area (TPSA) is 64.9 Å². The Morgan fingerprint density at radius 2 is 1.95 bits per heavy atom. The first-order chi connectivity index (χ1) is 10.1. The van der Waals surface area contributed by atoms with Crippen LogP contribution in [0.1, 0.15) is 23.9 Å². The van der Waals surface area contributed by atoms with E-state index in [-0.39, 0.29) is 18.4 Å². The van der Waals surface area contributed by atoms with E-state index in [9.17, 15) is 0 Å². The fourth-order valence-electron chi connectivity index (χ4n) is 1.60. The lowest BCUT2D eigenvalue weighted by Crippen LogP contribution is -2.11. The molecule has 0 unspecified atom stereocenters. The van der Waals surface area contributed by atoms with E-state index in [4.69, 9.17) is 33.4 Å². The second kappa shape index (κ2) is 9.90. The molecule has 0 amide bonds. The van der Waals surface area contributed by atoms with Crippen molar-refractivity contribution >= 4 is 59.1 Å². The average Bonchev–Trinajstić information content (AvgIpc) is 2.93. The Morgan fingerprint density at radius 1 is 1.27 bits per heavy atom. The summed E-state index contributed by atoms with van der Waals surface area (Å²) >= 11 is 15.4. The van der Waals surface area contributed by atoms with Gasteiger partial charge in [-0.05, 0) is 36.1 Å². The SMILES string of the molecule is CSCC[C@H](N)c1nnc(SCc2c(Cl)cccc2Cl)o1.Cl. The van der Waals surface area contributed by atoms with Crippen LogP contribution in [0.2, 0.25) is 10.0 Å². The molecule has 0 radical (unpaired) electrons. The van der Waals surface area contributed by atoms with Crippen molar-refractivity contribution in [2.45, 2.75) is 23.4 Å². The number of benzene rings is 1. The van der Waals surface area contributed by atoms with Crippen molar-refractivity contribution in [3.8, 4) is 0 Å². The number of nitrogens with two attached hydrogens (primary N) is 1. The van der Waals surface area contributed by atoms with E-state index in [0.29, 0.717) is 26.9 Å². The van der Waals surface area contributed by atoms with E-state index in [1.807, 2.05) is 12.3 Å². The maximum Gasteiger partial charge on any atom is 0.276 e. The Hall–Kier alpha value is -0.110. The zero-order chi connectivity index (χ0) is 15.2. The van der Waals surface area contributed by atoms with E-state index in [2.05, 4.69) is 10.2 Å². The highest BCUT2D eigenvalue weighted by molar-refractivity contribution is 7.98. The van der Waals surface area contributed by atoms with Crippen LogP contribution in [0.15, 0.2) is 27.8 Å². The second-order valence-electron chi connectivity index (χ2n) is 4.28. The molecular formula is C13H16Cl3N3OS2. The van der Waals surface area contributed by atoms with Gasteiger partial charge >= 0.3 is 0 Å². The number of rotatable bonds is 7. The Balaban J connectivity index is 0.00000242. The molecule has 1 heterocycles. The molecule has 0 aliphatic heterocycles. The first-order valence-corrected chi connectivity index (χ1v) is 9.39. The highest BCUT2D eigenvalue weighted by Crippen LogP contribution is 2.31. The van der Waals surface area contributed by atoms with Gasteiger partial charge in [0.25, 0.3) is 5.22 Å². The highest BCUT2D eigenvalue weighted by Gasteiger charge is 2.15. The maximum atomic E-state index is 6.12. The Labute approximate surface area is 154 Å². The molecule has 0 bridgehead atoms. The number of thioether (sulfide) groups is 2. The Bertz CT molecular complexity index is 577. The Kier molecular flexibility index (Phi) is 8.97. The van der Waals surface area contributed by atoms with Crippen molar-refractivity contribution in [3.05, 3.63) is 39.7 Å². The van der Waals surface area contributed by atoms with Crippen LogP contribution in [0.5, 0.6) is 0 Å². The lowest BCUT2D eigenvalue weighted by atomic mass is 10.2. The molecule has 2 rings (SSSR count). The monoisotopic (exact) mass is 399 g/mol. The summed E-state index contributed by atoms with van der Waals surface area (Å²) in [6, 6.07) is 5.21. The summed E-state index contributed by atoms with van der Waals surface area (Å²) in [5.41, 5.74) is 6.85. The molecule has 122 valence electrons. The van der Waals surface area contributed by atoms with Crippen LogP contribution in [0.3, 0.4) is 0 Å². The third kappa shape index (κ3) is 5.51. The minimum Gasteiger partial charge on any atom is -0.414 e. The van der Waals surface area contributed by atoms with Crippen LogP contribution >= 0.6 is 59.1 Å². The van der Waals surface area contributed by atoms with E-state index in [1.54, 1.807) is 23.9 Å². The predicted molar refractivity (Wildman–Crippen MR) is 97.5 cm³/mol. The molecule has 1 aromatic heterocycles. The molecule has 0 saturated heterocycles. The number of hydrogen-bond donors (Lipinski definition) is 1. The van der Waals surface area contributed by atoms with Crippen LogP contribution in [0.4, 0.5) is 0 Å². The van der Waals surface area contributed by atoms with Gasteiger partial charge in [0.1, 0.15) is 0 Å². The third-order valence-corrected chi connectivity index (χ3v) is 4.97. The van der Waals surface area contributed by atoms with Crippen molar-refractivity contribution in [2.75, 3.05) is 12.0 Å². The van der Waals surface area contributed by atoms with E-state index in [1.165, 1.54) is 11.8 Å². The maximum absolute atomic E-state index is 6.12. The van der Waals surface area contributed by atoms with Gasteiger partial charge in [0.05, 0.1) is 6.04 Å². The van der Waals surface area contributed by atoms with E-state index in [0.717, 1.165) is 17.7 Å². The summed E-state index contributed by atoms with van der Waals surface area (Å²) in [5.74, 6) is 2.00. The van der Waals surface area contributed by atoms with Gasteiger partial charge in [-0.15, -0.1) is 22.6 Å². The third-order valence-electron chi connectivity index (χ3n) is 2.77. The minimum atomic E-state index is -0.219. The largest absolute Gasteiger partial charge is 0.414 e. The molecule has 1 aromatic carbocycles. The van der Waals surface area contributed by atoms with Crippen LogP contribution in [-0.4, -0.2) is 22.2 Å². The molecular weight excluding hydrogens is 385 g/mol. The molecule has 0 saturated carbocycles. The first-order valence-electron chi connectivity index (χ1n) is 6.25. The van der Waals surface area contributed by atoms with Gasteiger partial charge in [0, 0.05) is 15.8 Å². The number of halogens is 3. The predicted octanol–water partition coefficient (Wildman–Crippen LogP) is 4.84. The Morgan fingerprint density at radius 3 is 2.59 bits per heavy atom. The van der Waals surface area contributed by atoms with E-state index < -0.39 is 0 Å². The summed E-state index contributed by atoms with van der Waals surface area (Å²) in [4.78, 5) is 0. The number of hydrogen-bond acceptors (Lipinski definition) is 6. The lowest BCUT2D eigenvalue weighted by Gasteiger charge is -2.05. The molecule has 0 fully saturated rings. The summed E-state index contributed by atoms with van der Waals surface area (Å²) in [7, 11) is 0. The van der Waals surface area contributed by atoms with Gasteiger partial charge < -0.3 is 10.2 Å². The summed E-state index contributed by atoms with van der Waals surface area (Å²) in [5, 5.41) is 9.72. The van der Waals surface area contributed by atoms with Crippen molar-refractivity contribution in [3.63, 3.8) is 0 Å². The van der Waals surface area contributed by atoms with E-state index >= 15 is 0 Å². The van der Waals surface area contributed by atoms with Gasteiger partial charge in [0.15, 0.2) is 0 Å². The molecule has 0 aliphatic rings. The smallest absolute Gasteiger partial charge is 0.276 e. The van der Waals surface area contributed by atoms with Crippen LogP contribution in [0, 0.1) is 0 Å². The van der Waals surface area contributed by atoms with Crippen molar-refractivity contribution < 1.29 is 4.42 Å². The second-order valence-corrected chi connectivity index (χ2v) is 7.01. The lowest BCUT2D eigenvalue weighted by molar-refractivity contribution is 0.383. The minimum absolute atomic E-state index is 0. The zero-order valence-corrected chi connectivity index (χ0v) is 15.8. The highest BCUT2D eigenvalue weighted by atomic mass is 35.5. The standard InChI is InChI=1S/C13H15Cl2N3OS2.ClH/c1-20-6-5-11(16)12-17-18-13(19-12)21-7-8-9(14)3-2-4-10(8)15;/h2-4,11H,5-7,16H2,1H3;1H/t11-;/m0./s1. The molecule has 1 atom stereocenters. The number of aromatic nitrogens is 2. The van der Waals surface area contributed by atoms with Crippen molar-refractivity contribution in [2.24, 2.45) is 5.73 Å². The molecule has 4 nitrogen and oxygen atoms in total. The molecule has 2 N–H and O–H groups in total. The molecule has 0 aliphatic carbocycles. The number of nitrogens with zero attached hydrogens (tertiary/aromatic N) is 2. The summed E-state index contributed by atoms with van der Waals surface area (Å²) in [6.07, 6.45) is 2.85. The average molecular weight is 401 g/mol. The first kappa shape index (κ1) is 19.9. The zero-order valence-electron chi connectivity index (χ0n) is 11.8. The van der Waals surface area contributed by atoms with Gasteiger partial charge in [-0.25, -0.2) is 0 Å². The molecule has 22 heavy (non-hydrogen) atoms. The summed E-state index contributed by atoms with van der Waals surface area (Å²) in [6.45, 7) is 0. The molecule has 0 spiro atoms. The normalized spacial score (nSPS) is 12.0. The summed E-state index contributed by atoms with van der Waals surface area (Å²) < 4.78 is 5.56. The quantitative estimate of drug-likeness (QED) is 0.671. The molecule has 2 aromatic rings. The fraction of sp³-hybridized carbons (Fsp3) is 0.385. The van der Waals surface area contributed by atoms with Crippen LogP contribution < -0.4 is 5.73 Å². The van der Waals surface area contributed by atoms with Gasteiger partial charge in [-0.1, -0.05) is 41.0 Å². The van der Waals surface area contributed by atoms with Crippen molar-refractivity contribution in [1.29, 1.82) is 0 Å². The van der Waals surface area contributed by atoms with Gasteiger partial charge in [-0.2, -0.15) is 11.8 Å². The van der Waals surface area contributed by atoms with Crippen LogP contribution in [-0.2, 0) is 5.75 Å². The van der Waals surface area contributed by atoms with Crippen molar-refractivity contribution in [1.82, 2.24) is 10.2 Å². The van der Waals surface area contributed by atoms with Crippen LogP contribution in [0.25, 0.3) is 0 Å².